The number of fused-ring (bicyclic) bond motifs is 1. The number of nitrogen functional groups attached to an aromatic ring is 1. The van der Waals surface area contributed by atoms with Gasteiger partial charge in [-0.2, -0.15) is 5.10 Å². The number of benzene rings is 2. The lowest BCUT2D eigenvalue weighted by Crippen LogP contribution is -2.30. The van der Waals surface area contributed by atoms with Gasteiger partial charge in [-0.3, -0.25) is 14.5 Å². The zero-order valence-corrected chi connectivity index (χ0v) is 20.7. The normalized spacial score (nSPS) is 16.8. The topological polar surface area (TPSA) is 116 Å². The molecule has 0 atom stereocenters. The van der Waals surface area contributed by atoms with Gasteiger partial charge in [-0.25, -0.2) is 14.6 Å². The van der Waals surface area contributed by atoms with Gasteiger partial charge >= 0.3 is 0 Å². The van der Waals surface area contributed by atoms with Crippen LogP contribution in [0.4, 0.5) is 10.6 Å². The predicted molar refractivity (Wildman–Crippen MR) is 142 cm³/mol. The number of hydrogen-bond donors (Lipinski definition) is 1. The zero-order chi connectivity index (χ0) is 25.4. The monoisotopic (exact) mass is 512 g/mol. The first-order valence-corrected chi connectivity index (χ1v) is 12.9. The summed E-state index contributed by atoms with van der Waals surface area (Å²) < 4.78 is 7.66. The fourth-order valence-electron chi connectivity index (χ4n) is 4.26. The Bertz CT molecular complexity index is 1510. The summed E-state index contributed by atoms with van der Waals surface area (Å²) in [6, 6.07) is 17.2. The third-order valence-corrected chi connectivity index (χ3v) is 7.23. The molecule has 10 heteroatoms. The molecule has 1 aliphatic carbocycles. The van der Waals surface area contributed by atoms with Crippen LogP contribution in [0.2, 0.25) is 0 Å². The summed E-state index contributed by atoms with van der Waals surface area (Å²) >= 11 is 1.03. The van der Waals surface area contributed by atoms with Gasteiger partial charge in [-0.1, -0.05) is 24.3 Å². The Balaban J connectivity index is 1.20. The van der Waals surface area contributed by atoms with Crippen LogP contribution in [0.3, 0.4) is 0 Å². The average molecular weight is 513 g/mol. The summed E-state index contributed by atoms with van der Waals surface area (Å²) in [5, 5.41) is 5.24. The van der Waals surface area contributed by atoms with Crippen molar-refractivity contribution in [1.82, 2.24) is 24.6 Å². The average Bonchev–Trinajstić information content (AvgIpc) is 3.59. The van der Waals surface area contributed by atoms with Crippen molar-refractivity contribution in [2.75, 3.05) is 12.3 Å². The van der Waals surface area contributed by atoms with Crippen molar-refractivity contribution in [3.8, 4) is 22.8 Å². The highest BCUT2D eigenvalue weighted by molar-refractivity contribution is 8.18. The fraction of sp³-hybridized carbons (Fsp3) is 0.222. The smallest absolute Gasteiger partial charge is 0.293 e. The first kappa shape index (κ1) is 23.2. The number of amides is 2. The molecule has 0 unspecified atom stereocenters. The second-order valence-electron chi connectivity index (χ2n) is 9.02. The molecule has 4 aromatic rings. The summed E-state index contributed by atoms with van der Waals surface area (Å²) in [5.41, 5.74) is 8.35. The maximum Gasteiger partial charge on any atom is 0.293 e. The van der Waals surface area contributed by atoms with E-state index in [0.717, 1.165) is 35.9 Å². The Labute approximate surface area is 217 Å². The van der Waals surface area contributed by atoms with E-state index in [2.05, 4.69) is 9.97 Å². The molecule has 2 N–H and O–H groups in total. The van der Waals surface area contributed by atoms with Gasteiger partial charge in [0.25, 0.3) is 11.1 Å². The number of aryl methyl sites for hydroxylation is 1. The molecule has 1 aliphatic heterocycles. The van der Waals surface area contributed by atoms with E-state index in [1.54, 1.807) is 4.68 Å². The number of rotatable bonds is 8. The van der Waals surface area contributed by atoms with E-state index in [-0.39, 0.29) is 11.1 Å². The lowest BCUT2D eigenvalue weighted by molar-refractivity contribution is -0.122. The summed E-state index contributed by atoms with van der Waals surface area (Å²) in [6.45, 7) is 0.779. The van der Waals surface area contributed by atoms with Gasteiger partial charge in [0.2, 0.25) is 0 Å². The molecule has 2 aromatic carbocycles. The van der Waals surface area contributed by atoms with Crippen LogP contribution < -0.4 is 10.5 Å². The second-order valence-corrected chi connectivity index (χ2v) is 10.0. The summed E-state index contributed by atoms with van der Waals surface area (Å²) in [7, 11) is 0. The number of thioether (sulfide) groups is 1. The maximum atomic E-state index is 12.7. The van der Waals surface area contributed by atoms with E-state index in [1.807, 2.05) is 60.7 Å². The molecule has 0 spiro atoms. The highest BCUT2D eigenvalue weighted by Crippen LogP contribution is 2.38. The maximum absolute atomic E-state index is 12.7. The molecule has 3 heterocycles. The third-order valence-electron chi connectivity index (χ3n) is 6.30. The van der Waals surface area contributed by atoms with Crippen LogP contribution >= 0.6 is 11.8 Å². The minimum absolute atomic E-state index is 0.197. The molecule has 2 amide bonds. The highest BCUT2D eigenvalue weighted by Gasteiger charge is 2.36. The van der Waals surface area contributed by atoms with Crippen molar-refractivity contribution >= 4 is 39.8 Å². The van der Waals surface area contributed by atoms with Crippen molar-refractivity contribution in [3.05, 3.63) is 71.9 Å². The van der Waals surface area contributed by atoms with Crippen molar-refractivity contribution < 1.29 is 14.3 Å². The Hall–Kier alpha value is -4.18. The standard InChI is InChI=1S/C27H24N6O3S/c28-24-22-23(18-9-11-20(12-10-18)36-19-5-2-1-3-6-19)31-33(25(22)30-16-29-24)14-4-13-32-26(34)21(37-27(32)35)15-17-7-8-17/h1-3,5-6,9-12,15-17H,4,7-8,13-14H2,(H2,28,29,30). The first-order valence-electron chi connectivity index (χ1n) is 12.1. The Kier molecular flexibility index (Phi) is 6.09. The number of ether oxygens (including phenoxy) is 1. The van der Waals surface area contributed by atoms with Crippen LogP contribution in [0, 0.1) is 5.92 Å². The minimum atomic E-state index is -0.215. The molecule has 2 aliphatic rings. The molecule has 6 rings (SSSR count). The van der Waals surface area contributed by atoms with Crippen LogP contribution in [-0.2, 0) is 11.3 Å². The van der Waals surface area contributed by atoms with Gasteiger partial charge in [-0.05, 0) is 73.3 Å². The molecule has 186 valence electrons. The van der Waals surface area contributed by atoms with Gasteiger partial charge in [0.1, 0.15) is 29.3 Å². The Morgan fingerprint density at radius 3 is 2.51 bits per heavy atom. The lowest BCUT2D eigenvalue weighted by Gasteiger charge is -2.12. The number of nitrogens with two attached hydrogens (primary N) is 1. The van der Waals surface area contributed by atoms with Crippen LogP contribution in [0.15, 0.2) is 71.9 Å². The number of carbonyl (C=O) groups is 2. The molecule has 37 heavy (non-hydrogen) atoms. The molecule has 2 fully saturated rings. The van der Waals surface area contributed by atoms with Crippen LogP contribution in [0.5, 0.6) is 11.5 Å². The van der Waals surface area contributed by atoms with Gasteiger partial charge in [0.05, 0.1) is 10.3 Å². The van der Waals surface area contributed by atoms with E-state index < -0.39 is 0 Å². The predicted octanol–water partition coefficient (Wildman–Crippen LogP) is 5.25. The third kappa shape index (κ3) is 4.79. The molecule has 1 saturated heterocycles. The van der Waals surface area contributed by atoms with Crippen molar-refractivity contribution in [3.63, 3.8) is 0 Å². The SMILES string of the molecule is Nc1ncnc2c1c(-c1ccc(Oc3ccccc3)cc1)nn2CCCN1C(=O)SC(=CC2CC2)C1=O. The van der Waals surface area contributed by atoms with Crippen LogP contribution in [-0.4, -0.2) is 42.3 Å². The Morgan fingerprint density at radius 1 is 1.00 bits per heavy atom. The van der Waals surface area contributed by atoms with Crippen molar-refractivity contribution in [1.29, 1.82) is 0 Å². The molecule has 9 nitrogen and oxygen atoms in total. The number of allylic oxidation sites excluding steroid dienone is 1. The number of aromatic nitrogens is 4. The van der Waals surface area contributed by atoms with E-state index in [0.29, 0.717) is 58.6 Å². The molecule has 1 saturated carbocycles. The van der Waals surface area contributed by atoms with E-state index in [9.17, 15) is 9.59 Å². The minimum Gasteiger partial charge on any atom is -0.457 e. The number of nitrogens with zero attached hydrogens (tertiary/aromatic N) is 5. The van der Waals surface area contributed by atoms with E-state index in [4.69, 9.17) is 15.6 Å². The van der Waals surface area contributed by atoms with Gasteiger partial charge in [-0.15, -0.1) is 0 Å². The zero-order valence-electron chi connectivity index (χ0n) is 19.9. The second kappa shape index (κ2) is 9.70. The first-order chi connectivity index (χ1) is 18.1. The molecular weight excluding hydrogens is 488 g/mol. The largest absolute Gasteiger partial charge is 0.457 e. The molecule has 2 aromatic heterocycles. The van der Waals surface area contributed by atoms with Crippen LogP contribution in [0.1, 0.15) is 19.3 Å². The molecule has 0 bridgehead atoms. The highest BCUT2D eigenvalue weighted by atomic mass is 32.2. The fourth-order valence-corrected chi connectivity index (χ4v) is 5.19. The van der Waals surface area contributed by atoms with Crippen molar-refractivity contribution in [2.45, 2.75) is 25.8 Å². The van der Waals surface area contributed by atoms with Crippen LogP contribution in [0.25, 0.3) is 22.3 Å². The number of anilines is 1. The summed E-state index contributed by atoms with van der Waals surface area (Å²) in [4.78, 5) is 35.5. The Morgan fingerprint density at radius 2 is 1.76 bits per heavy atom. The van der Waals surface area contributed by atoms with Crippen molar-refractivity contribution in [2.24, 2.45) is 5.92 Å². The van der Waals surface area contributed by atoms with Gasteiger partial charge in [0, 0.05) is 18.7 Å². The number of hydrogen-bond acceptors (Lipinski definition) is 8. The molecular formula is C27H24N6O3S. The van der Waals surface area contributed by atoms with E-state index >= 15 is 0 Å². The quantitative estimate of drug-likeness (QED) is 0.318. The molecule has 0 radical (unpaired) electrons. The summed E-state index contributed by atoms with van der Waals surface area (Å²) in [5.74, 6) is 2.04. The lowest BCUT2D eigenvalue weighted by atomic mass is 10.1. The van der Waals surface area contributed by atoms with Gasteiger partial charge in [0.15, 0.2) is 5.65 Å². The number of imide groups is 1. The number of para-hydroxylation sites is 1. The number of carbonyl (C=O) groups excluding carboxylic acids is 2. The van der Waals surface area contributed by atoms with E-state index in [1.165, 1.54) is 11.2 Å². The summed E-state index contributed by atoms with van der Waals surface area (Å²) in [6.07, 6.45) is 6.07. The van der Waals surface area contributed by atoms with Gasteiger partial charge < -0.3 is 10.5 Å².